The molecule has 1 atom stereocenters. The smallest absolute Gasteiger partial charge is 0.132 e. The number of nitrogens with one attached hydrogen (secondary N) is 1. The van der Waals surface area contributed by atoms with E-state index in [1.807, 2.05) is 6.92 Å². The van der Waals surface area contributed by atoms with Gasteiger partial charge in [0.25, 0.3) is 0 Å². The second kappa shape index (κ2) is 4.38. The molecule has 1 aromatic rings. The minimum atomic E-state index is 0.232. The molecule has 1 unspecified atom stereocenters. The maximum atomic E-state index is 5.71. The van der Waals surface area contributed by atoms with Crippen molar-refractivity contribution in [3.8, 4) is 0 Å². The van der Waals surface area contributed by atoms with Crippen LogP contribution in [0.5, 0.6) is 0 Å². The van der Waals surface area contributed by atoms with E-state index in [0.717, 1.165) is 12.2 Å². The highest BCUT2D eigenvalue weighted by Crippen LogP contribution is 2.11. The molecular formula is C8H12ClN3. The normalized spacial score (nSPS) is 12.9. The van der Waals surface area contributed by atoms with Crippen LogP contribution in [-0.2, 0) is 0 Å². The number of hydrogen-bond acceptors (Lipinski definition) is 3. The van der Waals surface area contributed by atoms with Gasteiger partial charge in [0.05, 0.1) is 5.69 Å². The van der Waals surface area contributed by atoms with Gasteiger partial charge in [0.15, 0.2) is 0 Å². The van der Waals surface area contributed by atoms with E-state index in [9.17, 15) is 0 Å². The van der Waals surface area contributed by atoms with Crippen molar-refractivity contribution in [1.82, 2.24) is 15.3 Å². The fourth-order valence-electron chi connectivity index (χ4n) is 0.995. The highest BCUT2D eigenvalue weighted by molar-refractivity contribution is 6.29. The minimum absolute atomic E-state index is 0.232. The zero-order valence-electron chi connectivity index (χ0n) is 7.21. The molecule has 0 aliphatic carbocycles. The zero-order chi connectivity index (χ0) is 8.97. The standard InChI is InChI=1S/C8H12ClN3/c1-3-10-6(2)7-4-8(9)12-5-11-7/h4-6,10H,3H2,1-2H3. The van der Waals surface area contributed by atoms with Gasteiger partial charge in [0.1, 0.15) is 11.5 Å². The second-order valence-electron chi connectivity index (χ2n) is 2.54. The lowest BCUT2D eigenvalue weighted by Gasteiger charge is -2.10. The van der Waals surface area contributed by atoms with Crippen molar-refractivity contribution >= 4 is 11.6 Å². The average Bonchev–Trinajstić information content (AvgIpc) is 2.05. The predicted molar refractivity (Wildman–Crippen MR) is 49.1 cm³/mol. The largest absolute Gasteiger partial charge is 0.309 e. The van der Waals surface area contributed by atoms with Crippen LogP contribution in [0.2, 0.25) is 5.15 Å². The Bertz CT molecular complexity index is 252. The first-order valence-electron chi connectivity index (χ1n) is 3.95. The molecule has 1 heterocycles. The van der Waals surface area contributed by atoms with E-state index in [1.54, 1.807) is 6.07 Å². The Morgan fingerprint density at radius 2 is 2.33 bits per heavy atom. The van der Waals surface area contributed by atoms with Gasteiger partial charge in [-0.2, -0.15) is 0 Å². The highest BCUT2D eigenvalue weighted by Gasteiger charge is 2.04. The summed E-state index contributed by atoms with van der Waals surface area (Å²) in [5, 5.41) is 3.73. The molecule has 0 spiro atoms. The third-order valence-corrected chi connectivity index (χ3v) is 1.82. The summed E-state index contributed by atoms with van der Waals surface area (Å²) in [5.41, 5.74) is 0.928. The van der Waals surface area contributed by atoms with E-state index >= 15 is 0 Å². The average molecular weight is 186 g/mol. The van der Waals surface area contributed by atoms with Crippen LogP contribution in [0, 0.1) is 0 Å². The van der Waals surface area contributed by atoms with Crippen LogP contribution in [-0.4, -0.2) is 16.5 Å². The molecule has 66 valence electrons. The molecule has 0 saturated heterocycles. The zero-order valence-corrected chi connectivity index (χ0v) is 7.97. The fraction of sp³-hybridized carbons (Fsp3) is 0.500. The summed E-state index contributed by atoms with van der Waals surface area (Å²) in [6, 6.07) is 2.00. The monoisotopic (exact) mass is 185 g/mol. The molecule has 0 radical (unpaired) electrons. The molecule has 0 aliphatic heterocycles. The van der Waals surface area contributed by atoms with Crippen molar-refractivity contribution in [3.63, 3.8) is 0 Å². The molecule has 12 heavy (non-hydrogen) atoms. The van der Waals surface area contributed by atoms with Crippen LogP contribution in [0.4, 0.5) is 0 Å². The van der Waals surface area contributed by atoms with E-state index in [-0.39, 0.29) is 6.04 Å². The molecule has 0 aliphatic rings. The van der Waals surface area contributed by atoms with Gasteiger partial charge in [-0.3, -0.25) is 0 Å². The Kier molecular flexibility index (Phi) is 3.44. The van der Waals surface area contributed by atoms with Crippen LogP contribution in [0.1, 0.15) is 25.6 Å². The van der Waals surface area contributed by atoms with Gasteiger partial charge < -0.3 is 5.32 Å². The van der Waals surface area contributed by atoms with Gasteiger partial charge in [-0.05, 0) is 19.5 Å². The van der Waals surface area contributed by atoms with Gasteiger partial charge in [0.2, 0.25) is 0 Å². The Labute approximate surface area is 77.2 Å². The quantitative estimate of drug-likeness (QED) is 0.730. The predicted octanol–water partition coefficient (Wildman–Crippen LogP) is 1.80. The maximum absolute atomic E-state index is 5.71. The Balaban J connectivity index is 2.73. The highest BCUT2D eigenvalue weighted by atomic mass is 35.5. The van der Waals surface area contributed by atoms with Gasteiger partial charge >= 0.3 is 0 Å². The number of hydrogen-bond donors (Lipinski definition) is 1. The van der Waals surface area contributed by atoms with Crippen molar-refractivity contribution in [3.05, 3.63) is 23.2 Å². The number of halogens is 1. The second-order valence-corrected chi connectivity index (χ2v) is 2.93. The molecule has 1 aromatic heterocycles. The number of rotatable bonds is 3. The molecule has 0 fully saturated rings. The summed E-state index contributed by atoms with van der Waals surface area (Å²) < 4.78 is 0. The van der Waals surface area contributed by atoms with Crippen molar-refractivity contribution in [2.24, 2.45) is 0 Å². The van der Waals surface area contributed by atoms with Crippen molar-refractivity contribution in [2.45, 2.75) is 19.9 Å². The molecule has 0 aromatic carbocycles. The first-order chi connectivity index (χ1) is 5.74. The van der Waals surface area contributed by atoms with Crippen LogP contribution in [0.3, 0.4) is 0 Å². The third-order valence-electron chi connectivity index (χ3n) is 1.61. The third kappa shape index (κ3) is 2.43. The summed E-state index contributed by atoms with van der Waals surface area (Å²) in [6.07, 6.45) is 1.48. The fourth-order valence-corrected chi connectivity index (χ4v) is 1.15. The maximum Gasteiger partial charge on any atom is 0.132 e. The Hall–Kier alpha value is -0.670. The van der Waals surface area contributed by atoms with Crippen LogP contribution >= 0.6 is 11.6 Å². The molecule has 0 bridgehead atoms. The summed E-state index contributed by atoms with van der Waals surface area (Å²) in [6.45, 7) is 5.02. The number of nitrogens with zero attached hydrogens (tertiary/aromatic N) is 2. The number of aromatic nitrogens is 2. The first kappa shape index (κ1) is 9.42. The van der Waals surface area contributed by atoms with Gasteiger partial charge in [0, 0.05) is 6.04 Å². The lowest BCUT2D eigenvalue weighted by molar-refractivity contribution is 0.582. The van der Waals surface area contributed by atoms with Crippen molar-refractivity contribution in [2.75, 3.05) is 6.54 Å². The minimum Gasteiger partial charge on any atom is -0.309 e. The molecule has 1 N–H and O–H groups in total. The molecule has 0 amide bonds. The topological polar surface area (TPSA) is 37.8 Å². The van der Waals surface area contributed by atoms with E-state index in [0.29, 0.717) is 5.15 Å². The lowest BCUT2D eigenvalue weighted by atomic mass is 10.2. The van der Waals surface area contributed by atoms with E-state index in [4.69, 9.17) is 11.6 Å². The van der Waals surface area contributed by atoms with E-state index in [1.165, 1.54) is 6.33 Å². The summed E-state index contributed by atoms with van der Waals surface area (Å²) >= 11 is 5.71. The summed E-state index contributed by atoms with van der Waals surface area (Å²) in [5.74, 6) is 0. The first-order valence-corrected chi connectivity index (χ1v) is 4.32. The summed E-state index contributed by atoms with van der Waals surface area (Å²) in [4.78, 5) is 7.91. The van der Waals surface area contributed by atoms with E-state index in [2.05, 4.69) is 22.2 Å². The van der Waals surface area contributed by atoms with Gasteiger partial charge in [-0.1, -0.05) is 18.5 Å². The van der Waals surface area contributed by atoms with Crippen molar-refractivity contribution in [1.29, 1.82) is 0 Å². The molecule has 3 nitrogen and oxygen atoms in total. The Morgan fingerprint density at radius 3 is 2.92 bits per heavy atom. The Morgan fingerprint density at radius 1 is 1.58 bits per heavy atom. The van der Waals surface area contributed by atoms with Crippen LogP contribution in [0.15, 0.2) is 12.4 Å². The van der Waals surface area contributed by atoms with Gasteiger partial charge in [-0.25, -0.2) is 9.97 Å². The molecule has 1 rings (SSSR count). The summed E-state index contributed by atoms with van der Waals surface area (Å²) in [7, 11) is 0. The lowest BCUT2D eigenvalue weighted by Crippen LogP contribution is -2.18. The molecule has 0 saturated carbocycles. The molecule has 4 heteroatoms. The SMILES string of the molecule is CCNC(C)c1cc(Cl)ncn1. The van der Waals surface area contributed by atoms with Gasteiger partial charge in [-0.15, -0.1) is 0 Å². The van der Waals surface area contributed by atoms with Crippen molar-refractivity contribution < 1.29 is 0 Å². The van der Waals surface area contributed by atoms with Crippen LogP contribution in [0.25, 0.3) is 0 Å². The van der Waals surface area contributed by atoms with E-state index < -0.39 is 0 Å². The van der Waals surface area contributed by atoms with Crippen LogP contribution < -0.4 is 5.32 Å². The molecular weight excluding hydrogens is 174 g/mol.